The SMILES string of the molecule is COCc1c(Cl)cc2c(cnn2C2CCCCO2)c1Br. The second-order valence-corrected chi connectivity index (χ2v) is 6.13. The van der Waals surface area contributed by atoms with E-state index >= 15 is 0 Å². The van der Waals surface area contributed by atoms with E-state index in [-0.39, 0.29) is 6.23 Å². The van der Waals surface area contributed by atoms with Crippen LogP contribution in [0.1, 0.15) is 31.1 Å². The summed E-state index contributed by atoms with van der Waals surface area (Å²) in [5.41, 5.74) is 1.94. The van der Waals surface area contributed by atoms with Crippen LogP contribution in [0.15, 0.2) is 16.7 Å². The number of hydrogen-bond acceptors (Lipinski definition) is 3. The summed E-state index contributed by atoms with van der Waals surface area (Å²) in [5, 5.41) is 6.21. The first-order valence-corrected chi connectivity index (χ1v) is 7.84. The number of methoxy groups -OCH3 is 1. The highest BCUT2D eigenvalue weighted by atomic mass is 79.9. The highest BCUT2D eigenvalue weighted by Gasteiger charge is 2.21. The van der Waals surface area contributed by atoms with Gasteiger partial charge in [0.05, 0.1) is 18.3 Å². The topological polar surface area (TPSA) is 36.3 Å². The Kier molecular flexibility index (Phi) is 4.31. The normalized spacial score (nSPS) is 19.6. The van der Waals surface area contributed by atoms with Gasteiger partial charge in [0.1, 0.15) is 0 Å². The molecule has 1 aliphatic rings. The summed E-state index contributed by atoms with van der Waals surface area (Å²) < 4.78 is 13.9. The molecule has 0 aliphatic carbocycles. The quantitative estimate of drug-likeness (QED) is 0.820. The zero-order valence-corrected chi connectivity index (χ0v) is 13.6. The van der Waals surface area contributed by atoms with E-state index < -0.39 is 0 Å². The van der Waals surface area contributed by atoms with Crippen molar-refractivity contribution in [2.75, 3.05) is 13.7 Å². The Labute approximate surface area is 131 Å². The molecule has 2 aromatic rings. The molecule has 6 heteroatoms. The van der Waals surface area contributed by atoms with Crippen LogP contribution in [0.5, 0.6) is 0 Å². The third kappa shape index (κ3) is 2.48. The molecule has 1 aromatic carbocycles. The van der Waals surface area contributed by atoms with Gasteiger partial charge in [0.15, 0.2) is 6.23 Å². The molecule has 1 aliphatic heterocycles. The third-order valence-corrected chi connectivity index (χ3v) is 4.85. The zero-order chi connectivity index (χ0) is 14.1. The van der Waals surface area contributed by atoms with Gasteiger partial charge in [-0.1, -0.05) is 11.6 Å². The maximum absolute atomic E-state index is 6.36. The van der Waals surface area contributed by atoms with E-state index in [1.165, 1.54) is 6.42 Å². The molecule has 0 saturated carbocycles. The van der Waals surface area contributed by atoms with Crippen molar-refractivity contribution in [2.24, 2.45) is 0 Å². The van der Waals surface area contributed by atoms with E-state index in [0.29, 0.717) is 11.6 Å². The van der Waals surface area contributed by atoms with E-state index in [2.05, 4.69) is 21.0 Å². The van der Waals surface area contributed by atoms with Gasteiger partial charge in [0.2, 0.25) is 0 Å². The lowest BCUT2D eigenvalue weighted by Crippen LogP contribution is -2.19. The van der Waals surface area contributed by atoms with Crippen LogP contribution in [0.3, 0.4) is 0 Å². The van der Waals surface area contributed by atoms with Gasteiger partial charge in [0.25, 0.3) is 0 Å². The van der Waals surface area contributed by atoms with Crippen molar-refractivity contribution < 1.29 is 9.47 Å². The molecule has 0 radical (unpaired) electrons. The van der Waals surface area contributed by atoms with Gasteiger partial charge in [-0.3, -0.25) is 0 Å². The van der Waals surface area contributed by atoms with Crippen molar-refractivity contribution in [1.82, 2.24) is 9.78 Å². The van der Waals surface area contributed by atoms with Crippen molar-refractivity contribution in [3.05, 3.63) is 27.3 Å². The fourth-order valence-corrected chi connectivity index (χ4v) is 3.58. The smallest absolute Gasteiger partial charge is 0.150 e. The molecule has 1 atom stereocenters. The average Bonchev–Trinajstić information content (AvgIpc) is 2.88. The number of halogens is 2. The van der Waals surface area contributed by atoms with Gasteiger partial charge in [-0.2, -0.15) is 5.10 Å². The number of rotatable bonds is 3. The standard InChI is InChI=1S/C14H16BrClN2O2/c1-19-8-10-11(16)6-12-9(14(10)15)7-17-18(12)13-4-2-3-5-20-13/h6-7,13H,2-5,8H2,1H3. The molecule has 0 bridgehead atoms. The van der Waals surface area contributed by atoms with Crippen molar-refractivity contribution >= 4 is 38.4 Å². The second kappa shape index (κ2) is 6.02. The lowest BCUT2D eigenvalue weighted by molar-refractivity contribution is -0.0366. The molecular formula is C14H16BrClN2O2. The molecule has 0 spiro atoms. The lowest BCUT2D eigenvalue weighted by Gasteiger charge is -2.23. The highest BCUT2D eigenvalue weighted by molar-refractivity contribution is 9.10. The largest absolute Gasteiger partial charge is 0.380 e. The first-order valence-electron chi connectivity index (χ1n) is 6.67. The molecule has 1 fully saturated rings. The van der Waals surface area contributed by atoms with Crippen LogP contribution in [-0.4, -0.2) is 23.5 Å². The van der Waals surface area contributed by atoms with Crippen molar-refractivity contribution in [1.29, 1.82) is 0 Å². The minimum atomic E-state index is 0.0116. The van der Waals surface area contributed by atoms with Gasteiger partial charge in [0, 0.05) is 34.2 Å². The molecule has 108 valence electrons. The van der Waals surface area contributed by atoms with Gasteiger partial charge < -0.3 is 9.47 Å². The first-order chi connectivity index (χ1) is 9.72. The number of benzene rings is 1. The van der Waals surface area contributed by atoms with Gasteiger partial charge in [-0.15, -0.1) is 0 Å². The summed E-state index contributed by atoms with van der Waals surface area (Å²) in [5.74, 6) is 0. The predicted molar refractivity (Wildman–Crippen MR) is 82.0 cm³/mol. The van der Waals surface area contributed by atoms with E-state index in [1.54, 1.807) is 7.11 Å². The van der Waals surface area contributed by atoms with Crippen LogP contribution >= 0.6 is 27.5 Å². The number of aromatic nitrogens is 2. The molecule has 1 unspecified atom stereocenters. The first kappa shape index (κ1) is 14.3. The average molecular weight is 360 g/mol. The van der Waals surface area contributed by atoms with E-state index in [4.69, 9.17) is 21.1 Å². The van der Waals surface area contributed by atoms with Crippen LogP contribution in [0.4, 0.5) is 0 Å². The van der Waals surface area contributed by atoms with Crippen LogP contribution < -0.4 is 0 Å². The molecule has 20 heavy (non-hydrogen) atoms. The van der Waals surface area contributed by atoms with Gasteiger partial charge >= 0.3 is 0 Å². The Hall–Kier alpha value is -0.620. The number of fused-ring (bicyclic) bond motifs is 1. The Balaban J connectivity index is 2.08. The van der Waals surface area contributed by atoms with E-state index in [1.807, 2.05) is 16.9 Å². The van der Waals surface area contributed by atoms with Crippen LogP contribution in [0.2, 0.25) is 5.02 Å². The Morgan fingerprint density at radius 3 is 3.10 bits per heavy atom. The van der Waals surface area contributed by atoms with Crippen molar-refractivity contribution in [2.45, 2.75) is 32.1 Å². The molecule has 3 rings (SSSR count). The summed E-state index contributed by atoms with van der Waals surface area (Å²) in [6.45, 7) is 1.27. The molecule has 4 nitrogen and oxygen atoms in total. The van der Waals surface area contributed by atoms with Crippen LogP contribution in [-0.2, 0) is 16.1 Å². The Bertz CT molecular complexity index is 623. The summed E-state index contributed by atoms with van der Waals surface area (Å²) in [6, 6.07) is 1.95. The lowest BCUT2D eigenvalue weighted by atomic mass is 10.1. The van der Waals surface area contributed by atoms with Gasteiger partial charge in [-0.25, -0.2) is 4.68 Å². The molecule has 0 amide bonds. The molecule has 1 saturated heterocycles. The molecule has 0 N–H and O–H groups in total. The Morgan fingerprint density at radius 2 is 2.40 bits per heavy atom. The number of nitrogens with zero attached hydrogens (tertiary/aromatic N) is 2. The summed E-state index contributed by atoms with van der Waals surface area (Å²) >= 11 is 9.98. The summed E-state index contributed by atoms with van der Waals surface area (Å²) in [6.07, 6.45) is 5.15. The van der Waals surface area contributed by atoms with E-state index in [9.17, 15) is 0 Å². The van der Waals surface area contributed by atoms with Gasteiger partial charge in [-0.05, 0) is 41.3 Å². The fraction of sp³-hybridized carbons (Fsp3) is 0.500. The predicted octanol–water partition coefficient (Wildman–Crippen LogP) is 4.30. The highest BCUT2D eigenvalue weighted by Crippen LogP contribution is 2.36. The van der Waals surface area contributed by atoms with E-state index in [0.717, 1.165) is 40.4 Å². The second-order valence-electron chi connectivity index (χ2n) is 4.93. The monoisotopic (exact) mass is 358 g/mol. The Morgan fingerprint density at radius 1 is 1.55 bits per heavy atom. The van der Waals surface area contributed by atoms with Crippen LogP contribution in [0, 0.1) is 0 Å². The molecular weight excluding hydrogens is 344 g/mol. The fourth-order valence-electron chi connectivity index (χ4n) is 2.58. The maximum Gasteiger partial charge on any atom is 0.150 e. The zero-order valence-electron chi connectivity index (χ0n) is 11.2. The summed E-state index contributed by atoms with van der Waals surface area (Å²) in [7, 11) is 1.66. The van der Waals surface area contributed by atoms with Crippen molar-refractivity contribution in [3.8, 4) is 0 Å². The van der Waals surface area contributed by atoms with Crippen LogP contribution in [0.25, 0.3) is 10.9 Å². The van der Waals surface area contributed by atoms with Crippen molar-refractivity contribution in [3.63, 3.8) is 0 Å². The third-order valence-electron chi connectivity index (χ3n) is 3.60. The number of ether oxygens (including phenoxy) is 2. The minimum Gasteiger partial charge on any atom is -0.380 e. The maximum atomic E-state index is 6.36. The summed E-state index contributed by atoms with van der Waals surface area (Å²) in [4.78, 5) is 0. The minimum absolute atomic E-state index is 0.0116. The number of hydrogen-bond donors (Lipinski definition) is 0. The molecule has 1 aromatic heterocycles. The molecule has 2 heterocycles.